The summed E-state index contributed by atoms with van der Waals surface area (Å²) in [5.74, 6) is 0.830. The first-order valence-electron chi connectivity index (χ1n) is 6.62. The van der Waals surface area contributed by atoms with Gasteiger partial charge in [-0.25, -0.2) is 9.97 Å². The Labute approximate surface area is 113 Å². The van der Waals surface area contributed by atoms with E-state index in [0.717, 1.165) is 25.6 Å². The average Bonchev–Trinajstić information content (AvgIpc) is 2.49. The van der Waals surface area contributed by atoms with Gasteiger partial charge in [0.1, 0.15) is 0 Å². The number of hydrogen-bond acceptors (Lipinski definition) is 4. The molecule has 2 aromatic rings. The third-order valence-corrected chi connectivity index (χ3v) is 3.67. The van der Waals surface area contributed by atoms with Crippen molar-refractivity contribution in [1.29, 1.82) is 0 Å². The molecule has 0 radical (unpaired) electrons. The van der Waals surface area contributed by atoms with Gasteiger partial charge >= 0.3 is 0 Å². The minimum atomic E-state index is 0.402. The minimum absolute atomic E-state index is 0.402. The van der Waals surface area contributed by atoms with Gasteiger partial charge in [-0.2, -0.15) is 0 Å². The second-order valence-corrected chi connectivity index (χ2v) is 4.90. The lowest BCUT2D eigenvalue weighted by molar-refractivity contribution is 0.220. The number of benzene rings is 1. The Kier molecular flexibility index (Phi) is 3.42. The smallest absolute Gasteiger partial charge is 0.225 e. The van der Waals surface area contributed by atoms with E-state index in [-0.39, 0.29) is 0 Å². The number of aromatic nitrogens is 2. The molecule has 1 aliphatic heterocycles. The summed E-state index contributed by atoms with van der Waals surface area (Å²) >= 11 is 0. The second-order valence-electron chi connectivity index (χ2n) is 4.90. The summed E-state index contributed by atoms with van der Waals surface area (Å²) in [4.78, 5) is 13.4. The maximum Gasteiger partial charge on any atom is 0.225 e. The topological polar surface area (TPSA) is 32.3 Å². The molecule has 1 aromatic carbocycles. The van der Waals surface area contributed by atoms with E-state index in [0.29, 0.717) is 6.04 Å². The summed E-state index contributed by atoms with van der Waals surface area (Å²) in [6.07, 6.45) is 3.61. The largest absolute Gasteiger partial charge is 0.338 e. The van der Waals surface area contributed by atoms with Crippen LogP contribution >= 0.6 is 0 Å². The molecule has 0 unspecified atom stereocenters. The standard InChI is InChI=1S/C15H18N4/c1-18-10-11-19(15-16-8-5-9-17-15)12-14(18)13-6-3-2-4-7-13/h2-9,14H,10-12H2,1H3/t14-/m1/s1. The summed E-state index contributed by atoms with van der Waals surface area (Å²) in [6, 6.07) is 12.9. The van der Waals surface area contributed by atoms with Crippen LogP contribution in [0, 0.1) is 0 Å². The Balaban J connectivity index is 1.82. The molecule has 1 atom stereocenters. The predicted octanol–water partition coefficient (Wildman–Crippen LogP) is 1.97. The highest BCUT2D eigenvalue weighted by Gasteiger charge is 2.26. The molecule has 3 rings (SSSR count). The fraction of sp³-hybridized carbons (Fsp3) is 0.333. The summed E-state index contributed by atoms with van der Waals surface area (Å²) in [7, 11) is 2.18. The Morgan fingerprint density at radius 3 is 2.47 bits per heavy atom. The maximum absolute atomic E-state index is 4.35. The number of anilines is 1. The van der Waals surface area contributed by atoms with Gasteiger partial charge in [-0.1, -0.05) is 30.3 Å². The van der Waals surface area contributed by atoms with E-state index in [1.807, 2.05) is 6.07 Å². The molecule has 0 amide bonds. The molecular formula is C15H18N4. The van der Waals surface area contributed by atoms with Crippen molar-refractivity contribution in [2.75, 3.05) is 31.6 Å². The number of nitrogens with zero attached hydrogens (tertiary/aromatic N) is 4. The quantitative estimate of drug-likeness (QED) is 0.820. The molecule has 0 N–H and O–H groups in total. The van der Waals surface area contributed by atoms with E-state index < -0.39 is 0 Å². The molecule has 0 bridgehead atoms. The van der Waals surface area contributed by atoms with Crippen LogP contribution in [0.1, 0.15) is 11.6 Å². The zero-order valence-electron chi connectivity index (χ0n) is 11.1. The second kappa shape index (κ2) is 5.36. The van der Waals surface area contributed by atoms with Gasteiger partial charge in [0.25, 0.3) is 0 Å². The van der Waals surface area contributed by atoms with Gasteiger partial charge in [-0.05, 0) is 18.7 Å². The van der Waals surface area contributed by atoms with Gasteiger partial charge < -0.3 is 4.90 Å². The molecule has 4 heteroatoms. The first kappa shape index (κ1) is 12.1. The number of hydrogen-bond donors (Lipinski definition) is 0. The lowest BCUT2D eigenvalue weighted by Gasteiger charge is -2.39. The van der Waals surface area contributed by atoms with Crippen molar-refractivity contribution in [3.05, 3.63) is 54.4 Å². The molecule has 1 aliphatic rings. The number of piperazine rings is 1. The Bertz CT molecular complexity index is 514. The molecule has 1 aromatic heterocycles. The summed E-state index contributed by atoms with van der Waals surface area (Å²) in [5.41, 5.74) is 1.35. The predicted molar refractivity (Wildman–Crippen MR) is 76.1 cm³/mol. The van der Waals surface area contributed by atoms with E-state index in [4.69, 9.17) is 0 Å². The fourth-order valence-electron chi connectivity index (χ4n) is 2.54. The van der Waals surface area contributed by atoms with Crippen LogP contribution in [-0.4, -0.2) is 41.5 Å². The van der Waals surface area contributed by atoms with E-state index in [1.165, 1.54) is 5.56 Å². The van der Waals surface area contributed by atoms with Crippen LogP contribution in [0.3, 0.4) is 0 Å². The third kappa shape index (κ3) is 2.58. The van der Waals surface area contributed by atoms with Gasteiger partial charge in [0.15, 0.2) is 0 Å². The van der Waals surface area contributed by atoms with E-state index >= 15 is 0 Å². The first-order chi connectivity index (χ1) is 9.34. The van der Waals surface area contributed by atoms with Crippen LogP contribution in [0.5, 0.6) is 0 Å². The molecule has 4 nitrogen and oxygen atoms in total. The molecular weight excluding hydrogens is 236 g/mol. The zero-order valence-corrected chi connectivity index (χ0v) is 11.1. The van der Waals surface area contributed by atoms with E-state index in [2.05, 4.69) is 57.1 Å². The zero-order chi connectivity index (χ0) is 13.1. The van der Waals surface area contributed by atoms with Crippen molar-refractivity contribution < 1.29 is 0 Å². The lowest BCUT2D eigenvalue weighted by atomic mass is 10.0. The monoisotopic (exact) mass is 254 g/mol. The number of likely N-dealkylation sites (N-methyl/N-ethyl adjacent to an activating group) is 1. The van der Waals surface area contributed by atoms with Gasteiger partial charge in [0, 0.05) is 32.0 Å². The minimum Gasteiger partial charge on any atom is -0.338 e. The van der Waals surface area contributed by atoms with Crippen LogP contribution in [-0.2, 0) is 0 Å². The Hall–Kier alpha value is -1.94. The van der Waals surface area contributed by atoms with Crippen molar-refractivity contribution in [2.45, 2.75) is 6.04 Å². The summed E-state index contributed by atoms with van der Waals surface area (Å²) in [5, 5.41) is 0. The Morgan fingerprint density at radius 1 is 1.00 bits per heavy atom. The van der Waals surface area contributed by atoms with Crippen LogP contribution in [0.4, 0.5) is 5.95 Å². The molecule has 1 saturated heterocycles. The van der Waals surface area contributed by atoms with Gasteiger partial charge in [-0.15, -0.1) is 0 Å². The highest BCUT2D eigenvalue weighted by Crippen LogP contribution is 2.25. The van der Waals surface area contributed by atoms with Crippen LogP contribution in [0.15, 0.2) is 48.8 Å². The van der Waals surface area contributed by atoms with Gasteiger partial charge in [0.2, 0.25) is 5.95 Å². The summed E-state index contributed by atoms with van der Waals surface area (Å²) < 4.78 is 0. The maximum atomic E-state index is 4.35. The fourth-order valence-corrected chi connectivity index (χ4v) is 2.54. The summed E-state index contributed by atoms with van der Waals surface area (Å²) in [6.45, 7) is 2.94. The Morgan fingerprint density at radius 2 is 1.74 bits per heavy atom. The molecule has 19 heavy (non-hydrogen) atoms. The molecule has 2 heterocycles. The van der Waals surface area contributed by atoms with Crippen molar-refractivity contribution in [3.8, 4) is 0 Å². The highest BCUT2D eigenvalue weighted by atomic mass is 15.3. The van der Waals surface area contributed by atoms with E-state index in [9.17, 15) is 0 Å². The average molecular weight is 254 g/mol. The molecule has 98 valence electrons. The highest BCUT2D eigenvalue weighted by molar-refractivity contribution is 5.32. The van der Waals surface area contributed by atoms with Crippen molar-refractivity contribution in [3.63, 3.8) is 0 Å². The van der Waals surface area contributed by atoms with Crippen LogP contribution < -0.4 is 4.90 Å². The normalized spacial score (nSPS) is 20.5. The van der Waals surface area contributed by atoms with Gasteiger partial charge in [-0.3, -0.25) is 4.90 Å². The molecule has 0 aliphatic carbocycles. The van der Waals surface area contributed by atoms with Crippen molar-refractivity contribution in [2.24, 2.45) is 0 Å². The molecule has 1 fully saturated rings. The first-order valence-corrected chi connectivity index (χ1v) is 6.62. The number of rotatable bonds is 2. The van der Waals surface area contributed by atoms with Gasteiger partial charge in [0.05, 0.1) is 6.04 Å². The third-order valence-electron chi connectivity index (χ3n) is 3.67. The molecule has 0 spiro atoms. The SMILES string of the molecule is CN1CCN(c2ncccn2)C[C@@H]1c1ccccc1. The van der Waals surface area contributed by atoms with Crippen LogP contribution in [0.25, 0.3) is 0 Å². The molecule has 0 saturated carbocycles. The van der Waals surface area contributed by atoms with E-state index in [1.54, 1.807) is 12.4 Å². The van der Waals surface area contributed by atoms with Crippen molar-refractivity contribution >= 4 is 5.95 Å². The van der Waals surface area contributed by atoms with Crippen molar-refractivity contribution in [1.82, 2.24) is 14.9 Å². The lowest BCUT2D eigenvalue weighted by Crippen LogP contribution is -2.47. The van der Waals surface area contributed by atoms with Crippen LogP contribution in [0.2, 0.25) is 0 Å².